The van der Waals surface area contributed by atoms with E-state index in [4.69, 9.17) is 28.3 Å². The molecule has 8 heteroatoms. The van der Waals surface area contributed by atoms with Crippen LogP contribution in [0, 0.1) is 12.7 Å². The molecular weight excluding hydrogens is 510 g/mol. The van der Waals surface area contributed by atoms with Crippen LogP contribution in [0.1, 0.15) is 59.4 Å². The molecule has 2 aliphatic carbocycles. The second-order valence-corrected chi connectivity index (χ2v) is 9.81. The minimum absolute atomic E-state index is 0.0806. The summed E-state index contributed by atoms with van der Waals surface area (Å²) in [7, 11) is 0. The summed E-state index contributed by atoms with van der Waals surface area (Å²) in [5.74, 6) is -1.18. The molecule has 0 saturated carbocycles. The van der Waals surface area contributed by atoms with Crippen molar-refractivity contribution in [3.05, 3.63) is 67.4 Å². The molecule has 0 amide bonds. The molecule has 0 radical (unpaired) electrons. The van der Waals surface area contributed by atoms with Gasteiger partial charge in [0, 0.05) is 15.9 Å². The Hall–Kier alpha value is -1.47. The van der Waals surface area contributed by atoms with Gasteiger partial charge in [0.2, 0.25) is 5.24 Å². The van der Waals surface area contributed by atoms with Gasteiger partial charge in [-0.25, -0.2) is 4.39 Å². The summed E-state index contributed by atoms with van der Waals surface area (Å²) in [4.78, 5) is 21.6. The molecule has 0 bridgehead atoms. The highest BCUT2D eigenvalue weighted by molar-refractivity contribution is 9.10. The first-order valence-electron chi connectivity index (χ1n) is 9.90. The number of aryl methyl sites for hydroxylation is 1. The summed E-state index contributed by atoms with van der Waals surface area (Å²) < 4.78 is 14.0. The van der Waals surface area contributed by atoms with E-state index in [9.17, 15) is 19.1 Å². The molecule has 0 spiro atoms. The average Bonchev–Trinajstić information content (AvgIpc) is 3.17. The molecule has 166 valence electrons. The Morgan fingerprint density at radius 2 is 1.94 bits per heavy atom. The quantitative estimate of drug-likeness (QED) is 0.472. The molecule has 2 aromatic carbocycles. The summed E-state index contributed by atoms with van der Waals surface area (Å²) in [6.45, 7) is 1.88. The first kappa shape index (κ1) is 24.2. The lowest BCUT2D eigenvalue weighted by atomic mass is 9.91. The van der Waals surface area contributed by atoms with Crippen molar-refractivity contribution in [2.75, 3.05) is 0 Å². The Morgan fingerprint density at radius 3 is 2.58 bits per heavy atom. The minimum atomic E-state index is -1.25. The lowest BCUT2D eigenvalue weighted by molar-refractivity contribution is -0.142. The van der Waals surface area contributed by atoms with E-state index in [2.05, 4.69) is 15.9 Å². The molecule has 0 aromatic heterocycles. The predicted molar refractivity (Wildman–Crippen MR) is 121 cm³/mol. The van der Waals surface area contributed by atoms with Crippen LogP contribution in [-0.4, -0.2) is 21.4 Å². The van der Waals surface area contributed by atoms with Gasteiger partial charge in [-0.15, -0.1) is 0 Å². The van der Waals surface area contributed by atoms with Gasteiger partial charge in [-0.3, -0.25) is 9.59 Å². The first-order valence-corrected chi connectivity index (χ1v) is 11.4. The van der Waals surface area contributed by atoms with Gasteiger partial charge >= 0.3 is 5.97 Å². The average molecular weight is 532 g/mol. The fraction of sp³-hybridized carbons (Fsp3) is 0.391. The van der Waals surface area contributed by atoms with Crippen molar-refractivity contribution in [2.24, 2.45) is 0 Å². The molecule has 2 atom stereocenters. The Labute approximate surface area is 198 Å². The molecule has 0 fully saturated rings. The number of carbonyl (C=O) groups excluding carboxylic acids is 1. The highest BCUT2D eigenvalue weighted by atomic mass is 79.9. The Balaban J connectivity index is 0.000000176. The maximum absolute atomic E-state index is 13.2. The number of benzene rings is 2. The van der Waals surface area contributed by atoms with E-state index in [1.807, 2.05) is 19.1 Å². The predicted octanol–water partition coefficient (Wildman–Crippen LogP) is 6.03. The van der Waals surface area contributed by atoms with Crippen LogP contribution in [-0.2, 0) is 28.0 Å². The fourth-order valence-corrected chi connectivity index (χ4v) is 5.67. The standard InChI is InChI=1S/C12H13ClO3.C11H9BrClFO/c1-7-4-9-8(10(13)5-7)2-3-12(9,16)6-11(14)15;12-10-5-7(14)4-9-6(3-11(13)15)1-2-8(9)10/h4-5,16H,2-3,6H2,1H3,(H,14,15);4-6H,1-3H2. The molecule has 2 N–H and O–H groups in total. The molecular formula is C23H22BrCl2FO4. The van der Waals surface area contributed by atoms with Gasteiger partial charge in [0.1, 0.15) is 11.4 Å². The van der Waals surface area contributed by atoms with Crippen LogP contribution in [0.4, 0.5) is 4.39 Å². The molecule has 2 aliphatic rings. The summed E-state index contributed by atoms with van der Waals surface area (Å²) >= 11 is 14.8. The number of rotatable bonds is 4. The van der Waals surface area contributed by atoms with Gasteiger partial charge in [-0.2, -0.15) is 0 Å². The van der Waals surface area contributed by atoms with E-state index in [1.165, 1.54) is 12.1 Å². The van der Waals surface area contributed by atoms with Gasteiger partial charge in [0.25, 0.3) is 0 Å². The second-order valence-electron chi connectivity index (χ2n) is 8.13. The smallest absolute Gasteiger partial charge is 0.306 e. The van der Waals surface area contributed by atoms with Crippen LogP contribution in [0.2, 0.25) is 5.02 Å². The number of aliphatic carboxylic acids is 1. The number of halogens is 4. The lowest BCUT2D eigenvalue weighted by Gasteiger charge is -2.22. The van der Waals surface area contributed by atoms with Crippen LogP contribution in [0.5, 0.6) is 0 Å². The van der Waals surface area contributed by atoms with Gasteiger partial charge in [-0.05, 0) is 96.1 Å². The maximum Gasteiger partial charge on any atom is 0.306 e. The van der Waals surface area contributed by atoms with E-state index in [0.29, 0.717) is 29.8 Å². The van der Waals surface area contributed by atoms with Crippen molar-refractivity contribution in [1.82, 2.24) is 0 Å². The van der Waals surface area contributed by atoms with Crippen LogP contribution < -0.4 is 0 Å². The zero-order valence-electron chi connectivity index (χ0n) is 16.9. The molecule has 0 saturated heterocycles. The van der Waals surface area contributed by atoms with Crippen molar-refractivity contribution < 1.29 is 24.2 Å². The third kappa shape index (κ3) is 5.48. The highest BCUT2D eigenvalue weighted by Gasteiger charge is 2.39. The van der Waals surface area contributed by atoms with E-state index in [1.54, 1.807) is 0 Å². The largest absolute Gasteiger partial charge is 0.481 e. The van der Waals surface area contributed by atoms with Crippen molar-refractivity contribution >= 4 is 50.3 Å². The minimum Gasteiger partial charge on any atom is -0.481 e. The highest BCUT2D eigenvalue weighted by Crippen LogP contribution is 2.43. The monoisotopic (exact) mass is 530 g/mol. The summed E-state index contributed by atoms with van der Waals surface area (Å²) in [6, 6.07) is 6.64. The normalized spacial score (nSPS) is 21.2. The fourth-order valence-electron chi connectivity index (χ4n) is 4.47. The zero-order chi connectivity index (χ0) is 22.9. The summed E-state index contributed by atoms with van der Waals surface area (Å²) in [5.41, 5.74) is 3.29. The van der Waals surface area contributed by atoms with Crippen molar-refractivity contribution in [1.29, 1.82) is 0 Å². The van der Waals surface area contributed by atoms with Crippen molar-refractivity contribution in [2.45, 2.75) is 57.0 Å². The van der Waals surface area contributed by atoms with Crippen LogP contribution in [0.3, 0.4) is 0 Å². The van der Waals surface area contributed by atoms with E-state index in [0.717, 1.165) is 39.6 Å². The third-order valence-corrected chi connectivity index (χ3v) is 7.06. The van der Waals surface area contributed by atoms with Crippen LogP contribution >= 0.6 is 39.1 Å². The van der Waals surface area contributed by atoms with Gasteiger partial charge in [-0.1, -0.05) is 33.6 Å². The van der Waals surface area contributed by atoms with Gasteiger partial charge in [0.15, 0.2) is 0 Å². The molecule has 4 nitrogen and oxygen atoms in total. The number of carboxylic acids is 1. The Morgan fingerprint density at radius 1 is 1.23 bits per heavy atom. The number of hydrogen-bond donors (Lipinski definition) is 2. The number of carboxylic acid groups (broad SMARTS) is 1. The summed E-state index contributed by atoms with van der Waals surface area (Å²) in [5, 5.41) is 19.4. The number of hydrogen-bond acceptors (Lipinski definition) is 3. The number of carbonyl (C=O) groups is 2. The van der Waals surface area contributed by atoms with Crippen LogP contribution in [0.25, 0.3) is 0 Å². The van der Waals surface area contributed by atoms with Crippen molar-refractivity contribution in [3.8, 4) is 0 Å². The number of aliphatic hydroxyl groups is 1. The maximum atomic E-state index is 13.2. The van der Waals surface area contributed by atoms with Gasteiger partial charge < -0.3 is 10.2 Å². The molecule has 2 unspecified atom stereocenters. The molecule has 0 heterocycles. The zero-order valence-corrected chi connectivity index (χ0v) is 20.0. The second kappa shape index (κ2) is 9.57. The lowest BCUT2D eigenvalue weighted by Crippen LogP contribution is -2.26. The van der Waals surface area contributed by atoms with Crippen LogP contribution in [0.15, 0.2) is 28.7 Å². The first-order chi connectivity index (χ1) is 14.5. The van der Waals surface area contributed by atoms with Crippen molar-refractivity contribution in [3.63, 3.8) is 0 Å². The topological polar surface area (TPSA) is 74.6 Å². The van der Waals surface area contributed by atoms with E-state index >= 15 is 0 Å². The SMILES string of the molecule is Cc1cc(Cl)c2c(c1)C(O)(CC(=O)O)CC2.O=C(Cl)CC1CCc2c(Br)cc(F)cc21. The third-order valence-electron chi connectivity index (χ3n) is 5.86. The van der Waals surface area contributed by atoms with Gasteiger partial charge in [0.05, 0.1) is 6.42 Å². The van der Waals surface area contributed by atoms with E-state index in [-0.39, 0.29) is 23.4 Å². The molecule has 4 rings (SSSR count). The number of fused-ring (bicyclic) bond motifs is 2. The van der Waals surface area contributed by atoms with E-state index < -0.39 is 11.6 Å². The molecule has 31 heavy (non-hydrogen) atoms. The molecule has 2 aromatic rings. The Kier molecular flexibility index (Phi) is 7.47. The summed E-state index contributed by atoms with van der Waals surface area (Å²) in [6.07, 6.45) is 2.85. The molecule has 0 aliphatic heterocycles. The Bertz CT molecular complexity index is 1040.